The highest BCUT2D eigenvalue weighted by Crippen LogP contribution is 2.40. The van der Waals surface area contributed by atoms with Crippen LogP contribution in [0, 0.1) is 11.3 Å². The number of alkyl halides is 3. The third-order valence-corrected chi connectivity index (χ3v) is 10.3. The molecule has 57 heavy (non-hydrogen) atoms. The second kappa shape index (κ2) is 16.6. The van der Waals surface area contributed by atoms with E-state index in [4.69, 9.17) is 4.74 Å². The molecule has 6 amide bonds. The first-order valence-electron chi connectivity index (χ1n) is 18.6. The molecule has 3 fully saturated rings. The number of benzene rings is 3. The van der Waals surface area contributed by atoms with Crippen LogP contribution in [0.2, 0.25) is 0 Å². The second-order valence-corrected chi connectivity index (χ2v) is 14.5. The standard InChI is InChI=1S/C40H43F3N8O6/c1-4-25-20-30(51-38(56)50(37(55)39(51,2)3)29-9-8-26(23-44)31(22-29)40(41,42)43)10-12-33(25)57-19-18-48-14-16-49(17-15-48)24-35(53)46-28-7-5-6-27(21-28)45-32-11-13-34(52)47-36(32)54/h5-10,12,20-22,32,45H,4,11,13-19,24H2,1-3H3,(H,46,53)(H,47,52,54). The first-order chi connectivity index (χ1) is 27.1. The van der Waals surface area contributed by atoms with Gasteiger partial charge in [0.1, 0.15) is 23.9 Å². The van der Waals surface area contributed by atoms with Gasteiger partial charge in [0.2, 0.25) is 17.7 Å². The summed E-state index contributed by atoms with van der Waals surface area (Å²) in [6, 6.07) is 15.1. The average Bonchev–Trinajstić information content (AvgIpc) is 3.34. The van der Waals surface area contributed by atoms with Crippen molar-refractivity contribution in [2.75, 3.05) is 66.3 Å². The number of piperidine rings is 1. The number of imide groups is 2. The monoisotopic (exact) mass is 788 g/mol. The molecule has 0 spiro atoms. The van der Waals surface area contributed by atoms with Gasteiger partial charge in [-0.15, -0.1) is 0 Å². The predicted octanol–water partition coefficient (Wildman–Crippen LogP) is 4.74. The van der Waals surface area contributed by atoms with E-state index in [1.807, 2.05) is 6.92 Å². The van der Waals surface area contributed by atoms with Crippen LogP contribution in [0.1, 0.15) is 50.3 Å². The Balaban J connectivity index is 0.994. The summed E-state index contributed by atoms with van der Waals surface area (Å²) in [5, 5.41) is 17.5. The van der Waals surface area contributed by atoms with Gasteiger partial charge in [-0.25, -0.2) is 9.69 Å². The SMILES string of the molecule is CCc1cc(N2C(=O)N(c3ccc(C#N)c(C(F)(F)F)c3)C(=O)C2(C)C)ccc1OCCN1CCN(CC(=O)Nc2cccc(NC3CCC(=O)NC3=O)c2)CC1. The van der Waals surface area contributed by atoms with Crippen molar-refractivity contribution >= 4 is 52.4 Å². The molecule has 0 radical (unpaired) electrons. The number of carbonyl (C=O) groups is 5. The molecule has 0 saturated carbocycles. The summed E-state index contributed by atoms with van der Waals surface area (Å²) in [4.78, 5) is 69.9. The Morgan fingerprint density at radius 2 is 1.67 bits per heavy atom. The number of amides is 6. The first kappa shape index (κ1) is 40.7. The number of anilines is 4. The molecular weight excluding hydrogens is 745 g/mol. The van der Waals surface area contributed by atoms with E-state index >= 15 is 0 Å². The van der Waals surface area contributed by atoms with Crippen LogP contribution in [0.15, 0.2) is 60.7 Å². The lowest BCUT2D eigenvalue weighted by Crippen LogP contribution is -2.49. The van der Waals surface area contributed by atoms with Crippen LogP contribution in [0.4, 0.5) is 40.7 Å². The van der Waals surface area contributed by atoms with Gasteiger partial charge in [-0.1, -0.05) is 13.0 Å². The Morgan fingerprint density at radius 1 is 0.965 bits per heavy atom. The highest BCUT2D eigenvalue weighted by atomic mass is 19.4. The maximum atomic E-state index is 13.7. The van der Waals surface area contributed by atoms with Crippen molar-refractivity contribution in [2.45, 2.75) is 57.8 Å². The molecule has 3 aliphatic heterocycles. The van der Waals surface area contributed by atoms with E-state index in [0.29, 0.717) is 72.9 Å². The van der Waals surface area contributed by atoms with Gasteiger partial charge in [0.05, 0.1) is 29.4 Å². The van der Waals surface area contributed by atoms with Crippen LogP contribution in [0.3, 0.4) is 0 Å². The van der Waals surface area contributed by atoms with E-state index in [1.54, 1.807) is 42.5 Å². The lowest BCUT2D eigenvalue weighted by atomic mass is 10.0. The quantitative estimate of drug-likeness (QED) is 0.172. The smallest absolute Gasteiger partial charge is 0.417 e. The number of nitriles is 1. The molecule has 3 N–H and O–H groups in total. The summed E-state index contributed by atoms with van der Waals surface area (Å²) >= 11 is 0. The Kier molecular flexibility index (Phi) is 11.9. The maximum absolute atomic E-state index is 13.7. The van der Waals surface area contributed by atoms with Gasteiger partial charge < -0.3 is 15.4 Å². The average molecular weight is 789 g/mol. The number of nitrogens with zero attached hydrogens (tertiary/aromatic N) is 5. The molecule has 3 aromatic carbocycles. The summed E-state index contributed by atoms with van der Waals surface area (Å²) < 4.78 is 47.3. The number of halogens is 3. The van der Waals surface area contributed by atoms with E-state index in [1.165, 1.54) is 24.8 Å². The zero-order chi connectivity index (χ0) is 41.1. The van der Waals surface area contributed by atoms with Gasteiger partial charge in [0.15, 0.2) is 0 Å². The number of aryl methyl sites for hydroxylation is 1. The van der Waals surface area contributed by atoms with Crippen LogP contribution in [-0.4, -0.2) is 96.9 Å². The van der Waals surface area contributed by atoms with Crippen LogP contribution in [-0.2, 0) is 31.8 Å². The van der Waals surface area contributed by atoms with Crippen molar-refractivity contribution in [3.05, 3.63) is 77.4 Å². The summed E-state index contributed by atoms with van der Waals surface area (Å²) in [6.07, 6.45) is -3.67. The molecule has 0 aliphatic carbocycles. The third kappa shape index (κ3) is 9.03. The Labute approximate surface area is 327 Å². The van der Waals surface area contributed by atoms with Crippen molar-refractivity contribution in [3.8, 4) is 11.8 Å². The van der Waals surface area contributed by atoms with Crippen LogP contribution in [0.25, 0.3) is 0 Å². The van der Waals surface area contributed by atoms with Gasteiger partial charge in [0.25, 0.3) is 5.91 Å². The molecular formula is C40H43F3N8O6. The van der Waals surface area contributed by atoms with Gasteiger partial charge in [0, 0.05) is 56.2 Å². The van der Waals surface area contributed by atoms with E-state index in [0.717, 1.165) is 30.8 Å². The topological polar surface area (TPSA) is 167 Å². The molecule has 1 unspecified atom stereocenters. The third-order valence-electron chi connectivity index (χ3n) is 10.3. The van der Waals surface area contributed by atoms with Crippen LogP contribution < -0.4 is 30.5 Å². The minimum Gasteiger partial charge on any atom is -0.492 e. The normalized spacial score (nSPS) is 19.0. The minimum atomic E-state index is -4.86. The zero-order valence-corrected chi connectivity index (χ0v) is 31.7. The lowest BCUT2D eigenvalue weighted by molar-refractivity contribution is -0.138. The van der Waals surface area contributed by atoms with Crippen molar-refractivity contribution < 1.29 is 41.9 Å². The number of ether oxygens (including phenoxy) is 1. The molecule has 3 heterocycles. The van der Waals surface area contributed by atoms with Gasteiger partial charge in [-0.3, -0.25) is 39.2 Å². The molecule has 3 saturated heterocycles. The molecule has 0 bridgehead atoms. The highest BCUT2D eigenvalue weighted by Gasteiger charge is 2.53. The van der Waals surface area contributed by atoms with Crippen molar-refractivity contribution in [1.29, 1.82) is 5.26 Å². The second-order valence-electron chi connectivity index (χ2n) is 14.5. The molecule has 6 rings (SSSR count). The minimum absolute atomic E-state index is 0.165. The number of piperazine rings is 1. The van der Waals surface area contributed by atoms with E-state index in [2.05, 4.69) is 25.8 Å². The fourth-order valence-electron chi connectivity index (χ4n) is 7.16. The molecule has 17 heteroatoms. The lowest BCUT2D eigenvalue weighted by Gasteiger charge is -2.34. The van der Waals surface area contributed by atoms with E-state index in [-0.39, 0.29) is 36.4 Å². The summed E-state index contributed by atoms with van der Waals surface area (Å²) in [5.41, 5.74) is -1.16. The zero-order valence-electron chi connectivity index (χ0n) is 31.7. The number of hydrogen-bond donors (Lipinski definition) is 3. The van der Waals surface area contributed by atoms with Gasteiger partial charge in [-0.05, 0) is 86.8 Å². The Hall–Kier alpha value is -5.99. The number of carbonyl (C=O) groups excluding carboxylic acids is 5. The number of nitrogens with one attached hydrogen (secondary N) is 3. The maximum Gasteiger partial charge on any atom is 0.417 e. The Bertz CT molecular complexity index is 2110. The molecule has 0 aromatic heterocycles. The summed E-state index contributed by atoms with van der Waals surface area (Å²) in [6.45, 7) is 8.97. The largest absolute Gasteiger partial charge is 0.492 e. The van der Waals surface area contributed by atoms with E-state index in [9.17, 15) is 42.4 Å². The highest BCUT2D eigenvalue weighted by molar-refractivity contribution is 6.30. The number of hydrogen-bond acceptors (Lipinski definition) is 10. The summed E-state index contributed by atoms with van der Waals surface area (Å²) in [5.74, 6) is -0.941. The molecule has 3 aromatic rings. The van der Waals surface area contributed by atoms with Gasteiger partial charge >= 0.3 is 12.2 Å². The van der Waals surface area contributed by atoms with Crippen molar-refractivity contribution in [1.82, 2.24) is 15.1 Å². The molecule has 1 atom stereocenters. The molecule has 3 aliphatic rings. The van der Waals surface area contributed by atoms with Crippen LogP contribution in [0.5, 0.6) is 5.75 Å². The summed E-state index contributed by atoms with van der Waals surface area (Å²) in [7, 11) is 0. The number of rotatable bonds is 12. The fourth-order valence-corrected chi connectivity index (χ4v) is 7.16. The van der Waals surface area contributed by atoms with Crippen LogP contribution >= 0.6 is 0 Å². The number of urea groups is 1. The van der Waals surface area contributed by atoms with Gasteiger partial charge in [-0.2, -0.15) is 18.4 Å². The molecule has 300 valence electrons. The van der Waals surface area contributed by atoms with Crippen molar-refractivity contribution in [3.63, 3.8) is 0 Å². The fraction of sp³-hybridized carbons (Fsp3) is 0.400. The Morgan fingerprint density at radius 3 is 2.35 bits per heavy atom. The van der Waals surface area contributed by atoms with Crippen molar-refractivity contribution in [2.24, 2.45) is 0 Å². The van der Waals surface area contributed by atoms with E-state index < -0.39 is 40.8 Å². The first-order valence-corrected chi connectivity index (χ1v) is 18.6. The predicted molar refractivity (Wildman–Crippen MR) is 205 cm³/mol. The molecule has 14 nitrogen and oxygen atoms in total.